The zero-order chi connectivity index (χ0) is 22.6. The Morgan fingerprint density at radius 3 is 2.39 bits per heavy atom. The van der Waals surface area contributed by atoms with E-state index in [2.05, 4.69) is 5.32 Å². The summed E-state index contributed by atoms with van der Waals surface area (Å²) in [6, 6.07) is 12.0. The first kappa shape index (κ1) is 23.1. The van der Waals surface area contributed by atoms with Crippen molar-refractivity contribution in [1.29, 1.82) is 0 Å². The summed E-state index contributed by atoms with van der Waals surface area (Å²) in [7, 11) is -0.0602. The second-order valence-corrected chi connectivity index (χ2v) is 9.65. The van der Waals surface area contributed by atoms with Crippen molar-refractivity contribution in [2.24, 2.45) is 0 Å². The zero-order valence-corrected chi connectivity index (χ0v) is 18.8. The number of nitrogens with one attached hydrogen (secondary N) is 1. The van der Waals surface area contributed by atoms with Gasteiger partial charge in [-0.05, 0) is 61.4 Å². The van der Waals surface area contributed by atoms with E-state index in [9.17, 15) is 18.0 Å². The van der Waals surface area contributed by atoms with Gasteiger partial charge in [0, 0.05) is 37.0 Å². The maximum Gasteiger partial charge on any atom is 0.324 e. The highest BCUT2D eigenvalue weighted by atomic mass is 35.5. The van der Waals surface area contributed by atoms with Gasteiger partial charge in [-0.1, -0.05) is 11.6 Å². The minimum absolute atomic E-state index is 0.0514. The average molecular weight is 466 g/mol. The van der Waals surface area contributed by atoms with Crippen LogP contribution in [0.1, 0.15) is 12.8 Å². The third-order valence-corrected chi connectivity index (χ3v) is 7.08. The molecular formula is C21H24ClN3O5S. The molecule has 1 fully saturated rings. The van der Waals surface area contributed by atoms with E-state index < -0.39 is 34.5 Å². The average Bonchev–Trinajstić information content (AvgIpc) is 3.24. The van der Waals surface area contributed by atoms with E-state index in [1.165, 1.54) is 24.3 Å². The highest BCUT2D eigenvalue weighted by molar-refractivity contribution is 7.89. The SMILES string of the molecule is CN(C)c1ccc(NC(=O)COC(=O)C2CCCN2S(=O)(=O)c2ccc(Cl)cc2)cc1. The van der Waals surface area contributed by atoms with E-state index >= 15 is 0 Å². The fraction of sp³-hybridized carbons (Fsp3) is 0.333. The van der Waals surface area contributed by atoms with E-state index in [1.807, 2.05) is 31.1 Å². The number of anilines is 2. The Kier molecular flexibility index (Phi) is 7.19. The lowest BCUT2D eigenvalue weighted by molar-refractivity contribution is -0.150. The Bertz CT molecular complexity index is 1040. The van der Waals surface area contributed by atoms with E-state index in [4.69, 9.17) is 16.3 Å². The monoisotopic (exact) mass is 465 g/mol. The first-order chi connectivity index (χ1) is 14.7. The smallest absolute Gasteiger partial charge is 0.324 e. The Hall–Kier alpha value is -2.62. The predicted octanol–water partition coefficient (Wildman–Crippen LogP) is 2.74. The molecule has 2 aromatic carbocycles. The molecule has 1 amide bonds. The number of ether oxygens (including phenoxy) is 1. The zero-order valence-electron chi connectivity index (χ0n) is 17.2. The number of carbonyl (C=O) groups is 2. The molecule has 2 aromatic rings. The van der Waals surface area contributed by atoms with Gasteiger partial charge in [0.05, 0.1) is 4.90 Å². The van der Waals surface area contributed by atoms with Gasteiger partial charge >= 0.3 is 5.97 Å². The Labute approximate surface area is 186 Å². The molecule has 0 aromatic heterocycles. The molecule has 1 aliphatic heterocycles. The summed E-state index contributed by atoms with van der Waals surface area (Å²) in [4.78, 5) is 26.6. The third-order valence-electron chi connectivity index (χ3n) is 4.91. The first-order valence-electron chi connectivity index (χ1n) is 9.70. The second-order valence-electron chi connectivity index (χ2n) is 7.32. The van der Waals surface area contributed by atoms with Crippen LogP contribution in [0.4, 0.5) is 11.4 Å². The Morgan fingerprint density at radius 1 is 1.13 bits per heavy atom. The molecule has 0 saturated carbocycles. The lowest BCUT2D eigenvalue weighted by Crippen LogP contribution is -2.42. The van der Waals surface area contributed by atoms with E-state index in [-0.39, 0.29) is 11.4 Å². The van der Waals surface area contributed by atoms with Gasteiger partial charge in [-0.25, -0.2) is 8.42 Å². The molecule has 0 bridgehead atoms. The van der Waals surface area contributed by atoms with Gasteiger partial charge in [0.1, 0.15) is 6.04 Å². The molecular weight excluding hydrogens is 442 g/mol. The topological polar surface area (TPSA) is 96.0 Å². The van der Waals surface area contributed by atoms with Crippen molar-refractivity contribution in [3.63, 3.8) is 0 Å². The number of carbonyl (C=O) groups excluding carboxylic acids is 2. The third kappa shape index (κ3) is 5.55. The molecule has 1 heterocycles. The van der Waals surface area contributed by atoms with Crippen LogP contribution < -0.4 is 10.2 Å². The molecule has 0 spiro atoms. The first-order valence-corrected chi connectivity index (χ1v) is 11.5. The maximum atomic E-state index is 12.9. The van der Waals surface area contributed by atoms with Gasteiger partial charge < -0.3 is 15.0 Å². The van der Waals surface area contributed by atoms with E-state index in [0.29, 0.717) is 23.6 Å². The molecule has 166 valence electrons. The number of amides is 1. The molecule has 8 nitrogen and oxygen atoms in total. The van der Waals surface area contributed by atoms with Gasteiger partial charge in [0.25, 0.3) is 5.91 Å². The number of sulfonamides is 1. The summed E-state index contributed by atoms with van der Waals surface area (Å²) >= 11 is 5.83. The molecule has 3 rings (SSSR count). The summed E-state index contributed by atoms with van der Waals surface area (Å²) < 4.78 is 32.1. The summed E-state index contributed by atoms with van der Waals surface area (Å²) in [5.41, 5.74) is 1.55. The molecule has 1 saturated heterocycles. The fourth-order valence-corrected chi connectivity index (χ4v) is 5.05. The van der Waals surface area contributed by atoms with Crippen molar-refractivity contribution in [3.8, 4) is 0 Å². The van der Waals surface area contributed by atoms with Crippen LogP contribution in [0.25, 0.3) is 0 Å². The summed E-state index contributed by atoms with van der Waals surface area (Å²) in [6.45, 7) is -0.297. The van der Waals surface area contributed by atoms with Crippen molar-refractivity contribution in [1.82, 2.24) is 4.31 Å². The van der Waals surface area contributed by atoms with Crippen LogP contribution in [0.15, 0.2) is 53.4 Å². The normalized spacial score (nSPS) is 16.7. The molecule has 1 unspecified atom stereocenters. The van der Waals surface area contributed by atoms with Crippen LogP contribution in [0.5, 0.6) is 0 Å². The quantitative estimate of drug-likeness (QED) is 0.631. The van der Waals surface area contributed by atoms with E-state index in [0.717, 1.165) is 9.99 Å². The number of rotatable bonds is 7. The number of esters is 1. The fourth-order valence-electron chi connectivity index (χ4n) is 3.28. The van der Waals surface area contributed by atoms with Crippen molar-refractivity contribution < 1.29 is 22.7 Å². The lowest BCUT2D eigenvalue weighted by atomic mass is 10.2. The van der Waals surface area contributed by atoms with Gasteiger partial charge in [0.2, 0.25) is 10.0 Å². The van der Waals surface area contributed by atoms with Crippen molar-refractivity contribution >= 4 is 44.9 Å². The Morgan fingerprint density at radius 2 is 1.77 bits per heavy atom. The standard InChI is InChI=1S/C21H24ClN3O5S/c1-24(2)17-9-7-16(8-10-17)23-20(26)14-30-21(27)19-4-3-13-25(19)31(28,29)18-11-5-15(22)6-12-18/h5-12,19H,3-4,13-14H2,1-2H3,(H,23,26). The minimum Gasteiger partial charge on any atom is -0.454 e. The minimum atomic E-state index is -3.88. The van der Waals surface area contributed by atoms with Crippen LogP contribution >= 0.6 is 11.6 Å². The maximum absolute atomic E-state index is 12.9. The number of hydrogen-bond donors (Lipinski definition) is 1. The highest BCUT2D eigenvalue weighted by Crippen LogP contribution is 2.27. The lowest BCUT2D eigenvalue weighted by Gasteiger charge is -2.22. The number of nitrogens with zero attached hydrogens (tertiary/aromatic N) is 2. The van der Waals surface area contributed by atoms with Gasteiger partial charge in [-0.2, -0.15) is 4.31 Å². The highest BCUT2D eigenvalue weighted by Gasteiger charge is 2.40. The molecule has 31 heavy (non-hydrogen) atoms. The Balaban J connectivity index is 1.59. The van der Waals surface area contributed by atoms with Crippen molar-refractivity contribution in [2.75, 3.05) is 37.5 Å². The van der Waals surface area contributed by atoms with Gasteiger partial charge in [-0.3, -0.25) is 9.59 Å². The molecule has 0 aliphatic carbocycles. The summed E-state index contributed by atoms with van der Waals surface area (Å²) in [5, 5.41) is 3.06. The second kappa shape index (κ2) is 9.67. The molecule has 1 aliphatic rings. The number of benzene rings is 2. The van der Waals surface area contributed by atoms with Gasteiger partial charge in [0.15, 0.2) is 6.61 Å². The van der Waals surface area contributed by atoms with Crippen LogP contribution in [-0.4, -0.2) is 57.9 Å². The summed E-state index contributed by atoms with van der Waals surface area (Å²) in [5.74, 6) is -1.25. The van der Waals surface area contributed by atoms with Crippen molar-refractivity contribution in [2.45, 2.75) is 23.8 Å². The van der Waals surface area contributed by atoms with Crippen molar-refractivity contribution in [3.05, 3.63) is 53.6 Å². The largest absolute Gasteiger partial charge is 0.454 e. The van der Waals surface area contributed by atoms with Crippen LogP contribution in [-0.2, 0) is 24.3 Å². The summed E-state index contributed by atoms with van der Waals surface area (Å²) in [6.07, 6.45) is 0.857. The van der Waals surface area contributed by atoms with Gasteiger partial charge in [-0.15, -0.1) is 0 Å². The predicted molar refractivity (Wildman–Crippen MR) is 119 cm³/mol. The van der Waals surface area contributed by atoms with E-state index in [1.54, 1.807) is 12.1 Å². The van der Waals surface area contributed by atoms with Crippen LogP contribution in [0.2, 0.25) is 5.02 Å². The molecule has 0 radical (unpaired) electrons. The molecule has 10 heteroatoms. The molecule has 1 N–H and O–H groups in total. The number of halogens is 1. The van der Waals surface area contributed by atoms with Crippen LogP contribution in [0.3, 0.4) is 0 Å². The molecule has 1 atom stereocenters. The van der Waals surface area contributed by atoms with Crippen LogP contribution in [0, 0.1) is 0 Å². The number of hydrogen-bond acceptors (Lipinski definition) is 6.